The number of nitrogens with zero attached hydrogens (tertiary/aromatic N) is 5. The zero-order chi connectivity index (χ0) is 33.1. The van der Waals surface area contributed by atoms with Crippen molar-refractivity contribution in [3.8, 4) is 6.07 Å². The second-order valence-corrected chi connectivity index (χ2v) is 13.9. The van der Waals surface area contributed by atoms with E-state index in [1.165, 1.54) is 75.3 Å². The first-order chi connectivity index (χ1) is 22.3. The van der Waals surface area contributed by atoms with Crippen LogP contribution in [0.15, 0.2) is 34.0 Å². The number of aromatic nitrogens is 1. The lowest BCUT2D eigenvalue weighted by Crippen LogP contribution is -2.48. The Morgan fingerprint density at radius 2 is 1.46 bits per heavy atom. The van der Waals surface area contributed by atoms with Gasteiger partial charge in [-0.05, 0) is 55.7 Å². The molecule has 1 amide bonds. The number of anilines is 2. The number of rotatable bonds is 16. The minimum atomic E-state index is -0.302. The van der Waals surface area contributed by atoms with Crippen molar-refractivity contribution in [2.45, 2.75) is 97.9 Å². The average Bonchev–Trinajstić information content (AvgIpc) is 3.32. The molecule has 1 aromatic heterocycles. The van der Waals surface area contributed by atoms with Crippen LogP contribution in [0, 0.1) is 24.1 Å². The van der Waals surface area contributed by atoms with Gasteiger partial charge in [0, 0.05) is 50.5 Å². The predicted molar refractivity (Wildman–Crippen MR) is 193 cm³/mol. The molecular formula is C36H48FN5O2S2. The van der Waals surface area contributed by atoms with E-state index in [0.717, 1.165) is 36.3 Å². The van der Waals surface area contributed by atoms with Gasteiger partial charge in [0.05, 0.1) is 4.91 Å². The fourth-order valence-corrected chi connectivity index (χ4v) is 7.62. The van der Waals surface area contributed by atoms with Gasteiger partial charge in [-0.3, -0.25) is 19.1 Å². The highest BCUT2D eigenvalue weighted by molar-refractivity contribution is 8.26. The van der Waals surface area contributed by atoms with Crippen LogP contribution < -0.4 is 15.4 Å². The van der Waals surface area contributed by atoms with Crippen molar-refractivity contribution in [1.82, 2.24) is 9.47 Å². The van der Waals surface area contributed by atoms with E-state index in [1.807, 2.05) is 13.0 Å². The maximum Gasteiger partial charge on any atom is 0.270 e. The quantitative estimate of drug-likeness (QED) is 0.102. The third-order valence-corrected chi connectivity index (χ3v) is 10.3. The molecule has 10 heteroatoms. The second kappa shape index (κ2) is 17.7. The van der Waals surface area contributed by atoms with Crippen molar-refractivity contribution in [3.63, 3.8) is 0 Å². The molecule has 0 aliphatic carbocycles. The number of benzene rings is 1. The van der Waals surface area contributed by atoms with Crippen LogP contribution in [0.3, 0.4) is 0 Å². The normalized spacial score (nSPS) is 16.2. The number of nitriles is 1. The molecule has 0 saturated carbocycles. The first-order valence-electron chi connectivity index (χ1n) is 17.0. The van der Waals surface area contributed by atoms with E-state index in [9.17, 15) is 19.2 Å². The summed E-state index contributed by atoms with van der Waals surface area (Å²) in [4.78, 5) is 33.8. The molecule has 3 heterocycles. The van der Waals surface area contributed by atoms with E-state index in [0.29, 0.717) is 54.1 Å². The van der Waals surface area contributed by atoms with Crippen LogP contribution in [0.1, 0.15) is 101 Å². The largest absolute Gasteiger partial charge is 0.368 e. The van der Waals surface area contributed by atoms with Gasteiger partial charge in [-0.1, -0.05) is 95.6 Å². The Morgan fingerprint density at radius 3 is 2.04 bits per heavy atom. The molecule has 0 spiro atoms. The smallest absolute Gasteiger partial charge is 0.270 e. The van der Waals surface area contributed by atoms with Crippen LogP contribution in [0.2, 0.25) is 0 Å². The summed E-state index contributed by atoms with van der Waals surface area (Å²) in [5, 5.41) is 9.99. The Hall–Kier alpha value is -3.16. The van der Waals surface area contributed by atoms with Gasteiger partial charge in [-0.15, -0.1) is 0 Å². The van der Waals surface area contributed by atoms with Gasteiger partial charge in [0.1, 0.15) is 27.6 Å². The van der Waals surface area contributed by atoms with Crippen LogP contribution in [-0.4, -0.2) is 52.4 Å². The number of halogens is 1. The first kappa shape index (κ1) is 35.7. The molecule has 2 aromatic rings. The molecule has 7 nitrogen and oxygen atoms in total. The standard InChI is InChI=1S/C36H48FN5O2S2/c1-4-6-7-8-9-10-11-12-13-14-20-42-35(44)32(46-36(42)45)25-30-27(3)31(26-38)34(43)41(19-5-2)33(30)40-23-21-39(22-24-40)29-17-15-28(37)16-18-29/h15-18,25H,4-14,19-24H2,1-3H3/b32-25+. The highest BCUT2D eigenvalue weighted by atomic mass is 32.2. The van der Waals surface area contributed by atoms with Gasteiger partial charge in [0.2, 0.25) is 0 Å². The lowest BCUT2D eigenvalue weighted by atomic mass is 10.0. The fourth-order valence-electron chi connectivity index (χ4n) is 6.33. The minimum Gasteiger partial charge on any atom is -0.368 e. The van der Waals surface area contributed by atoms with Crippen molar-refractivity contribution in [2.75, 3.05) is 42.5 Å². The number of hydrogen-bond acceptors (Lipinski definition) is 7. The average molecular weight is 666 g/mol. The molecule has 248 valence electrons. The first-order valence-corrected chi connectivity index (χ1v) is 18.2. The molecule has 0 unspecified atom stereocenters. The zero-order valence-electron chi connectivity index (χ0n) is 27.7. The van der Waals surface area contributed by atoms with E-state index in [4.69, 9.17) is 12.2 Å². The second-order valence-electron chi connectivity index (χ2n) is 12.3. The number of thiocarbonyl (C=S) groups is 1. The van der Waals surface area contributed by atoms with E-state index in [-0.39, 0.29) is 22.8 Å². The minimum absolute atomic E-state index is 0.106. The molecule has 46 heavy (non-hydrogen) atoms. The zero-order valence-corrected chi connectivity index (χ0v) is 29.3. The number of carbonyl (C=O) groups is 1. The molecular weight excluding hydrogens is 618 g/mol. The summed E-state index contributed by atoms with van der Waals surface area (Å²) in [6.45, 7) is 9.75. The molecule has 2 fully saturated rings. The van der Waals surface area contributed by atoms with Crippen molar-refractivity contribution in [1.29, 1.82) is 5.26 Å². The summed E-state index contributed by atoms with van der Waals surface area (Å²) in [5.41, 5.74) is 2.06. The van der Waals surface area contributed by atoms with Crippen molar-refractivity contribution < 1.29 is 9.18 Å². The van der Waals surface area contributed by atoms with Gasteiger partial charge in [-0.2, -0.15) is 5.26 Å². The number of piperazine rings is 1. The van der Waals surface area contributed by atoms with Crippen LogP contribution in [0.25, 0.3) is 6.08 Å². The monoisotopic (exact) mass is 665 g/mol. The Kier molecular flexibility index (Phi) is 13.7. The highest BCUT2D eigenvalue weighted by Gasteiger charge is 2.33. The Bertz CT molecular complexity index is 1490. The maximum absolute atomic E-state index is 13.6. The number of carbonyl (C=O) groups excluding carboxylic acids is 1. The van der Waals surface area contributed by atoms with E-state index in [1.54, 1.807) is 28.5 Å². The molecule has 0 atom stereocenters. The maximum atomic E-state index is 13.6. The number of thioether (sulfide) groups is 1. The summed E-state index contributed by atoms with van der Waals surface area (Å²) < 4.78 is 15.8. The van der Waals surface area contributed by atoms with E-state index < -0.39 is 0 Å². The number of amides is 1. The molecule has 2 aliphatic rings. The Labute approximate surface area is 283 Å². The highest BCUT2D eigenvalue weighted by Crippen LogP contribution is 2.36. The molecule has 1 aromatic carbocycles. The molecule has 2 saturated heterocycles. The summed E-state index contributed by atoms with van der Waals surface area (Å²) in [6, 6.07) is 8.64. The molecule has 0 N–H and O–H groups in total. The van der Waals surface area contributed by atoms with E-state index in [2.05, 4.69) is 22.8 Å². The van der Waals surface area contributed by atoms with Crippen LogP contribution in [0.5, 0.6) is 0 Å². The third kappa shape index (κ3) is 8.80. The lowest BCUT2D eigenvalue weighted by molar-refractivity contribution is -0.122. The summed E-state index contributed by atoms with van der Waals surface area (Å²) in [6.07, 6.45) is 14.8. The van der Waals surface area contributed by atoms with Crippen LogP contribution in [0.4, 0.5) is 15.9 Å². The van der Waals surface area contributed by atoms with E-state index >= 15 is 0 Å². The van der Waals surface area contributed by atoms with Crippen molar-refractivity contribution >= 4 is 51.8 Å². The Balaban J connectivity index is 1.51. The number of unbranched alkanes of at least 4 members (excludes halogenated alkanes) is 9. The molecule has 0 bridgehead atoms. The topological polar surface area (TPSA) is 72.6 Å². The van der Waals surface area contributed by atoms with Gasteiger partial charge in [0.15, 0.2) is 0 Å². The number of pyridine rings is 1. The lowest BCUT2D eigenvalue weighted by Gasteiger charge is -2.39. The third-order valence-electron chi connectivity index (χ3n) is 8.95. The Morgan fingerprint density at radius 1 is 0.870 bits per heavy atom. The summed E-state index contributed by atoms with van der Waals surface area (Å²) in [7, 11) is 0. The molecule has 4 rings (SSSR count). The summed E-state index contributed by atoms with van der Waals surface area (Å²) in [5.74, 6) is 0.365. The predicted octanol–water partition coefficient (Wildman–Crippen LogP) is 8.03. The SMILES string of the molecule is CCCCCCCCCCCCN1C(=O)/C(=C\c2c(C)c(C#N)c(=O)n(CCC)c2N2CCN(c3ccc(F)cc3)CC2)SC1=S. The van der Waals surface area contributed by atoms with Gasteiger partial charge in [0.25, 0.3) is 11.5 Å². The van der Waals surface area contributed by atoms with Crippen LogP contribution >= 0.6 is 24.0 Å². The van der Waals surface area contributed by atoms with Gasteiger partial charge >= 0.3 is 0 Å². The fraction of sp³-hybridized carbons (Fsp3) is 0.556. The molecule has 0 radical (unpaired) electrons. The molecule has 2 aliphatic heterocycles. The van der Waals surface area contributed by atoms with Crippen molar-refractivity contribution in [2.24, 2.45) is 0 Å². The van der Waals surface area contributed by atoms with Crippen molar-refractivity contribution in [3.05, 3.63) is 62.0 Å². The summed E-state index contributed by atoms with van der Waals surface area (Å²) >= 11 is 6.96. The van der Waals surface area contributed by atoms with Gasteiger partial charge < -0.3 is 9.80 Å². The van der Waals surface area contributed by atoms with Gasteiger partial charge in [-0.25, -0.2) is 4.39 Å². The van der Waals surface area contributed by atoms with Crippen LogP contribution in [-0.2, 0) is 11.3 Å². The number of hydrogen-bond donors (Lipinski definition) is 0.